The molecular formula is C31H33N3O3. The lowest BCUT2D eigenvalue weighted by Crippen LogP contribution is -2.34. The molecule has 1 fully saturated rings. The van der Waals surface area contributed by atoms with E-state index >= 15 is 0 Å². The third-order valence-electron chi connectivity index (χ3n) is 7.00. The van der Waals surface area contributed by atoms with Crippen molar-refractivity contribution >= 4 is 5.91 Å². The highest BCUT2D eigenvalue weighted by Crippen LogP contribution is 2.37. The molecule has 1 heterocycles. The molecule has 4 aromatic rings. The highest BCUT2D eigenvalue weighted by atomic mass is 16.5. The van der Waals surface area contributed by atoms with Crippen LogP contribution in [-0.4, -0.2) is 27.7 Å². The minimum absolute atomic E-state index is 0.0757. The standard InChI is InChI=1S/C31H33N3O3/c1-23-27(22-33(21-24-13-5-3-6-14-24)30(35)25-15-9-10-16-25)31(34(32-23)26-17-7-4-8-18-26)37-29-20-12-11-19-28(29)36-2/h3-8,11-14,17-20,25H,9-10,15-16,21-22H2,1-2H3. The largest absolute Gasteiger partial charge is 0.493 e. The summed E-state index contributed by atoms with van der Waals surface area (Å²) < 4.78 is 13.9. The maximum Gasteiger partial charge on any atom is 0.228 e. The molecule has 0 atom stereocenters. The van der Waals surface area contributed by atoms with E-state index in [2.05, 4.69) is 12.1 Å². The first-order valence-corrected chi connectivity index (χ1v) is 12.9. The van der Waals surface area contributed by atoms with Crippen molar-refractivity contribution in [2.24, 2.45) is 5.92 Å². The number of methoxy groups -OCH3 is 1. The average molecular weight is 496 g/mol. The molecule has 6 heteroatoms. The van der Waals surface area contributed by atoms with Crippen LogP contribution in [0.3, 0.4) is 0 Å². The number of ether oxygens (including phenoxy) is 2. The molecule has 0 N–H and O–H groups in total. The summed E-state index contributed by atoms with van der Waals surface area (Å²) in [6.07, 6.45) is 4.14. The van der Waals surface area contributed by atoms with Gasteiger partial charge in [0.2, 0.25) is 11.8 Å². The Morgan fingerprint density at radius 3 is 2.19 bits per heavy atom. The fraction of sp³-hybridized carbons (Fsp3) is 0.290. The molecule has 1 aliphatic rings. The summed E-state index contributed by atoms with van der Waals surface area (Å²) in [6, 6.07) is 27.7. The van der Waals surface area contributed by atoms with Gasteiger partial charge in [-0.05, 0) is 49.6 Å². The number of para-hydroxylation sites is 3. The summed E-state index contributed by atoms with van der Waals surface area (Å²) in [7, 11) is 1.63. The quantitative estimate of drug-likeness (QED) is 0.259. The number of hydrogen-bond acceptors (Lipinski definition) is 4. The number of aryl methyl sites for hydroxylation is 1. The van der Waals surface area contributed by atoms with E-state index in [4.69, 9.17) is 14.6 Å². The zero-order valence-electron chi connectivity index (χ0n) is 21.5. The lowest BCUT2D eigenvalue weighted by atomic mass is 10.0. The second kappa shape index (κ2) is 11.3. The maximum atomic E-state index is 13.8. The third-order valence-corrected chi connectivity index (χ3v) is 7.00. The third kappa shape index (κ3) is 5.53. The predicted octanol–water partition coefficient (Wildman–Crippen LogP) is 6.70. The van der Waals surface area contributed by atoms with Crippen molar-refractivity contribution in [2.45, 2.75) is 45.7 Å². The van der Waals surface area contributed by atoms with Crippen LogP contribution in [0.25, 0.3) is 5.69 Å². The van der Waals surface area contributed by atoms with E-state index in [1.165, 1.54) is 0 Å². The molecule has 3 aromatic carbocycles. The number of benzene rings is 3. The summed E-state index contributed by atoms with van der Waals surface area (Å²) in [5.41, 5.74) is 3.70. The molecule has 1 amide bonds. The van der Waals surface area contributed by atoms with Gasteiger partial charge in [0.05, 0.1) is 30.6 Å². The lowest BCUT2D eigenvalue weighted by molar-refractivity contribution is -0.136. The first-order chi connectivity index (χ1) is 18.1. The van der Waals surface area contributed by atoms with Gasteiger partial charge in [-0.3, -0.25) is 4.79 Å². The molecule has 5 rings (SSSR count). The molecule has 1 aliphatic carbocycles. The molecular weight excluding hydrogens is 462 g/mol. The van der Waals surface area contributed by atoms with Crippen LogP contribution < -0.4 is 9.47 Å². The number of nitrogens with zero attached hydrogens (tertiary/aromatic N) is 3. The molecule has 1 saturated carbocycles. The number of amides is 1. The van der Waals surface area contributed by atoms with Gasteiger partial charge in [-0.2, -0.15) is 5.10 Å². The summed E-state index contributed by atoms with van der Waals surface area (Å²) in [5, 5.41) is 4.86. The second-order valence-corrected chi connectivity index (χ2v) is 9.53. The van der Waals surface area contributed by atoms with Gasteiger partial charge in [-0.15, -0.1) is 0 Å². The molecule has 1 aromatic heterocycles. The van der Waals surface area contributed by atoms with Gasteiger partial charge >= 0.3 is 0 Å². The SMILES string of the molecule is COc1ccccc1Oc1c(CN(Cc2ccccc2)C(=O)C2CCCC2)c(C)nn1-c1ccccc1. The number of hydrogen-bond donors (Lipinski definition) is 0. The summed E-state index contributed by atoms with van der Waals surface area (Å²) in [5.74, 6) is 2.10. The van der Waals surface area contributed by atoms with Crippen molar-refractivity contribution < 1.29 is 14.3 Å². The van der Waals surface area contributed by atoms with E-state index in [0.29, 0.717) is 30.5 Å². The lowest BCUT2D eigenvalue weighted by Gasteiger charge is -2.26. The zero-order chi connectivity index (χ0) is 25.6. The molecule has 0 radical (unpaired) electrons. The van der Waals surface area contributed by atoms with Gasteiger partial charge in [0.15, 0.2) is 11.5 Å². The highest BCUT2D eigenvalue weighted by Gasteiger charge is 2.30. The van der Waals surface area contributed by atoms with Gasteiger partial charge in [0.25, 0.3) is 0 Å². The van der Waals surface area contributed by atoms with Crippen LogP contribution in [0.4, 0.5) is 0 Å². The van der Waals surface area contributed by atoms with Crippen molar-refractivity contribution in [3.8, 4) is 23.1 Å². The molecule has 0 saturated heterocycles. The molecule has 190 valence electrons. The summed E-state index contributed by atoms with van der Waals surface area (Å²) >= 11 is 0. The summed E-state index contributed by atoms with van der Waals surface area (Å²) in [6.45, 7) is 2.93. The topological polar surface area (TPSA) is 56.6 Å². The highest BCUT2D eigenvalue weighted by molar-refractivity contribution is 5.79. The van der Waals surface area contributed by atoms with Crippen molar-refractivity contribution in [1.29, 1.82) is 0 Å². The van der Waals surface area contributed by atoms with Crippen molar-refractivity contribution in [3.63, 3.8) is 0 Å². The number of carbonyl (C=O) groups is 1. The maximum absolute atomic E-state index is 13.8. The average Bonchev–Trinajstić information content (AvgIpc) is 3.58. The molecule has 0 unspecified atom stereocenters. The van der Waals surface area contributed by atoms with E-state index in [1.54, 1.807) is 7.11 Å². The van der Waals surface area contributed by atoms with Crippen molar-refractivity contribution in [2.75, 3.05) is 7.11 Å². The fourth-order valence-electron chi connectivity index (χ4n) is 5.01. The Hall–Kier alpha value is -4.06. The van der Waals surface area contributed by atoms with Gasteiger partial charge in [0.1, 0.15) is 0 Å². The molecule has 37 heavy (non-hydrogen) atoms. The van der Waals surface area contributed by atoms with Crippen LogP contribution in [-0.2, 0) is 17.9 Å². The van der Waals surface area contributed by atoms with E-state index in [1.807, 2.05) is 89.3 Å². The van der Waals surface area contributed by atoms with Crippen LogP contribution in [0, 0.1) is 12.8 Å². The fourth-order valence-corrected chi connectivity index (χ4v) is 5.01. The Morgan fingerprint density at radius 2 is 1.51 bits per heavy atom. The summed E-state index contributed by atoms with van der Waals surface area (Å²) in [4.78, 5) is 15.7. The molecule has 0 bridgehead atoms. The van der Waals surface area contributed by atoms with Crippen LogP contribution in [0.1, 0.15) is 42.5 Å². The second-order valence-electron chi connectivity index (χ2n) is 9.53. The predicted molar refractivity (Wildman–Crippen MR) is 144 cm³/mol. The molecule has 0 aliphatic heterocycles. The normalized spacial score (nSPS) is 13.5. The van der Waals surface area contributed by atoms with E-state index in [9.17, 15) is 4.79 Å². The number of rotatable bonds is 9. The van der Waals surface area contributed by atoms with E-state index in [0.717, 1.165) is 48.2 Å². The Labute approximate surface area is 218 Å². The minimum Gasteiger partial charge on any atom is -0.493 e. The minimum atomic E-state index is 0.0757. The van der Waals surface area contributed by atoms with Crippen LogP contribution in [0.15, 0.2) is 84.9 Å². The molecule has 0 spiro atoms. The Kier molecular flexibility index (Phi) is 7.54. The molecule has 6 nitrogen and oxygen atoms in total. The van der Waals surface area contributed by atoms with Crippen LogP contribution in [0.5, 0.6) is 17.4 Å². The Morgan fingerprint density at radius 1 is 0.892 bits per heavy atom. The van der Waals surface area contributed by atoms with Crippen LogP contribution >= 0.6 is 0 Å². The number of carbonyl (C=O) groups excluding carboxylic acids is 1. The van der Waals surface area contributed by atoms with E-state index < -0.39 is 0 Å². The van der Waals surface area contributed by atoms with Gasteiger partial charge in [0, 0.05) is 12.5 Å². The van der Waals surface area contributed by atoms with Gasteiger partial charge < -0.3 is 14.4 Å². The first kappa shape index (κ1) is 24.6. The smallest absolute Gasteiger partial charge is 0.228 e. The van der Waals surface area contributed by atoms with Crippen molar-refractivity contribution in [1.82, 2.24) is 14.7 Å². The van der Waals surface area contributed by atoms with Gasteiger partial charge in [-0.25, -0.2) is 4.68 Å². The van der Waals surface area contributed by atoms with Gasteiger partial charge in [-0.1, -0.05) is 73.5 Å². The first-order valence-electron chi connectivity index (χ1n) is 12.9. The van der Waals surface area contributed by atoms with E-state index in [-0.39, 0.29) is 11.8 Å². The Balaban J connectivity index is 1.56. The van der Waals surface area contributed by atoms with Crippen molar-refractivity contribution in [3.05, 3.63) is 102 Å². The number of aromatic nitrogens is 2. The monoisotopic (exact) mass is 495 g/mol. The van der Waals surface area contributed by atoms with Crippen LogP contribution in [0.2, 0.25) is 0 Å². The zero-order valence-corrected chi connectivity index (χ0v) is 21.5. The Bertz CT molecular complexity index is 1330.